The van der Waals surface area contributed by atoms with Gasteiger partial charge >= 0.3 is 0 Å². The normalized spacial score (nSPS) is 12.5. The average molecular weight is 338 g/mol. The van der Waals surface area contributed by atoms with Gasteiger partial charge in [-0.3, -0.25) is 0 Å². The highest BCUT2D eigenvalue weighted by molar-refractivity contribution is 5.73. The zero-order chi connectivity index (χ0) is 17.5. The first-order valence-corrected chi connectivity index (χ1v) is 8.87. The summed E-state index contributed by atoms with van der Waals surface area (Å²) < 4.78 is 2.07. The van der Waals surface area contributed by atoms with Gasteiger partial charge in [0.2, 0.25) is 0 Å². The Kier molecular flexibility index (Phi) is 3.42. The predicted molar refractivity (Wildman–Crippen MR) is 102 cm³/mol. The van der Waals surface area contributed by atoms with E-state index >= 15 is 0 Å². The molecule has 1 aliphatic rings. The number of nitrogens with zero attached hydrogens (tertiary/aromatic N) is 4. The number of fused-ring (bicyclic) bond motifs is 3. The summed E-state index contributed by atoms with van der Waals surface area (Å²) in [4.78, 5) is 9.52. The van der Waals surface area contributed by atoms with Crippen LogP contribution in [-0.2, 0) is 12.8 Å². The maximum atomic E-state index is 4.93. The van der Waals surface area contributed by atoms with Gasteiger partial charge in [-0.25, -0.2) is 14.6 Å². The molecular weight excluding hydrogens is 320 g/mol. The number of benzene rings is 2. The summed E-state index contributed by atoms with van der Waals surface area (Å²) in [6.07, 6.45) is 3.87. The van der Waals surface area contributed by atoms with E-state index in [9.17, 15) is 0 Å². The van der Waals surface area contributed by atoms with Crippen LogP contribution < -0.4 is 0 Å². The van der Waals surface area contributed by atoms with E-state index in [-0.39, 0.29) is 0 Å². The van der Waals surface area contributed by atoms with Crippen LogP contribution in [0.25, 0.3) is 28.3 Å². The fourth-order valence-electron chi connectivity index (χ4n) is 3.68. The molecule has 0 bridgehead atoms. The number of aryl methyl sites for hydroxylation is 2. The summed E-state index contributed by atoms with van der Waals surface area (Å²) in [7, 11) is 0. The van der Waals surface area contributed by atoms with Crippen molar-refractivity contribution in [3.63, 3.8) is 0 Å². The number of hydrogen-bond acceptors (Lipinski definition) is 3. The number of aromatic nitrogens is 4. The molecule has 2 aromatic heterocycles. The summed E-state index contributed by atoms with van der Waals surface area (Å²) in [5.41, 5.74) is 7.77. The molecule has 0 N–H and O–H groups in total. The van der Waals surface area contributed by atoms with Crippen molar-refractivity contribution in [1.29, 1.82) is 0 Å². The molecule has 4 aromatic rings. The molecule has 0 saturated heterocycles. The van der Waals surface area contributed by atoms with Gasteiger partial charge in [0.05, 0.1) is 22.8 Å². The third-order valence-corrected chi connectivity index (χ3v) is 4.92. The first-order chi connectivity index (χ1) is 12.8. The predicted octanol–water partition coefficient (Wildman–Crippen LogP) is 4.40. The lowest BCUT2D eigenvalue weighted by Gasteiger charge is -2.18. The molecule has 2 heterocycles. The minimum absolute atomic E-state index is 0.768. The molecule has 5 rings (SSSR count). The van der Waals surface area contributed by atoms with Gasteiger partial charge in [0.15, 0.2) is 5.82 Å². The topological polar surface area (TPSA) is 43.6 Å². The SMILES string of the molecule is Cc1nn(-c2ccccc2)c2c1-c1nc(-c3ccccc3)ncc1CC2. The first-order valence-electron chi connectivity index (χ1n) is 8.87. The van der Waals surface area contributed by atoms with E-state index in [1.807, 2.05) is 54.7 Å². The molecule has 126 valence electrons. The van der Waals surface area contributed by atoms with E-state index in [1.54, 1.807) is 0 Å². The zero-order valence-electron chi connectivity index (χ0n) is 14.6. The van der Waals surface area contributed by atoms with Crippen molar-refractivity contribution in [2.24, 2.45) is 0 Å². The summed E-state index contributed by atoms with van der Waals surface area (Å²) in [5.74, 6) is 0.768. The van der Waals surface area contributed by atoms with Crippen molar-refractivity contribution in [2.45, 2.75) is 19.8 Å². The lowest BCUT2D eigenvalue weighted by molar-refractivity contribution is 0.772. The number of hydrogen-bond donors (Lipinski definition) is 0. The molecule has 0 unspecified atom stereocenters. The Morgan fingerprint density at radius 2 is 1.62 bits per heavy atom. The molecule has 0 radical (unpaired) electrons. The molecule has 0 saturated carbocycles. The Labute approximate surface area is 152 Å². The van der Waals surface area contributed by atoms with E-state index < -0.39 is 0 Å². The molecule has 0 amide bonds. The molecule has 0 fully saturated rings. The van der Waals surface area contributed by atoms with E-state index in [4.69, 9.17) is 10.1 Å². The minimum atomic E-state index is 0.768. The van der Waals surface area contributed by atoms with E-state index in [0.29, 0.717) is 0 Å². The number of para-hydroxylation sites is 1. The smallest absolute Gasteiger partial charge is 0.159 e. The van der Waals surface area contributed by atoms with Crippen LogP contribution in [0.4, 0.5) is 0 Å². The van der Waals surface area contributed by atoms with Crippen LogP contribution in [0.3, 0.4) is 0 Å². The average Bonchev–Trinajstić information content (AvgIpc) is 3.06. The van der Waals surface area contributed by atoms with Crippen molar-refractivity contribution < 1.29 is 0 Å². The van der Waals surface area contributed by atoms with Crippen LogP contribution in [0.15, 0.2) is 66.9 Å². The first kappa shape index (κ1) is 15.0. The molecule has 0 aliphatic heterocycles. The second-order valence-corrected chi connectivity index (χ2v) is 6.59. The van der Waals surface area contributed by atoms with Gasteiger partial charge < -0.3 is 0 Å². The van der Waals surface area contributed by atoms with E-state index in [0.717, 1.165) is 46.9 Å². The van der Waals surface area contributed by atoms with Gasteiger partial charge in [-0.15, -0.1) is 0 Å². The lowest BCUT2D eigenvalue weighted by atomic mass is 9.93. The van der Waals surface area contributed by atoms with Crippen molar-refractivity contribution >= 4 is 0 Å². The van der Waals surface area contributed by atoms with Gasteiger partial charge in [-0.1, -0.05) is 48.5 Å². The fraction of sp³-hybridized carbons (Fsp3) is 0.136. The third-order valence-electron chi connectivity index (χ3n) is 4.92. The second kappa shape index (κ2) is 5.92. The highest BCUT2D eigenvalue weighted by atomic mass is 15.3. The summed E-state index contributed by atoms with van der Waals surface area (Å²) in [5, 5.41) is 4.82. The second-order valence-electron chi connectivity index (χ2n) is 6.59. The molecule has 2 aromatic carbocycles. The van der Waals surface area contributed by atoms with Crippen LogP contribution in [0, 0.1) is 6.92 Å². The zero-order valence-corrected chi connectivity index (χ0v) is 14.6. The summed E-state index contributed by atoms with van der Waals surface area (Å²) in [6.45, 7) is 2.07. The quantitative estimate of drug-likeness (QED) is 0.544. The number of rotatable bonds is 2. The minimum Gasteiger partial charge on any atom is -0.237 e. The summed E-state index contributed by atoms with van der Waals surface area (Å²) in [6, 6.07) is 20.4. The molecular formula is C22H18N4. The van der Waals surface area contributed by atoms with Gasteiger partial charge in [0.1, 0.15) is 0 Å². The maximum absolute atomic E-state index is 4.93. The van der Waals surface area contributed by atoms with Gasteiger partial charge in [-0.2, -0.15) is 5.10 Å². The molecule has 0 spiro atoms. The summed E-state index contributed by atoms with van der Waals surface area (Å²) >= 11 is 0. The Morgan fingerprint density at radius 1 is 0.885 bits per heavy atom. The molecule has 26 heavy (non-hydrogen) atoms. The van der Waals surface area contributed by atoms with Gasteiger partial charge in [0, 0.05) is 17.3 Å². The van der Waals surface area contributed by atoms with Crippen molar-refractivity contribution in [2.75, 3.05) is 0 Å². The van der Waals surface area contributed by atoms with E-state index in [2.05, 4.69) is 28.7 Å². The standard InChI is InChI=1S/C22H18N4/c1-15-20-19(26(25-15)18-10-6-3-7-11-18)13-12-17-14-23-22(24-21(17)20)16-8-4-2-5-9-16/h2-11,14H,12-13H2,1H3. The van der Waals surface area contributed by atoms with Crippen molar-refractivity contribution in [1.82, 2.24) is 19.7 Å². The van der Waals surface area contributed by atoms with Crippen LogP contribution in [-0.4, -0.2) is 19.7 Å². The lowest BCUT2D eigenvalue weighted by Crippen LogP contribution is -2.11. The van der Waals surface area contributed by atoms with Crippen LogP contribution in [0.1, 0.15) is 17.0 Å². The Balaban J connectivity index is 1.69. The van der Waals surface area contributed by atoms with Crippen LogP contribution >= 0.6 is 0 Å². The Hall–Kier alpha value is -3.27. The highest BCUT2D eigenvalue weighted by Gasteiger charge is 2.26. The van der Waals surface area contributed by atoms with Crippen molar-refractivity contribution in [3.05, 3.63) is 83.8 Å². The third kappa shape index (κ3) is 2.34. The molecule has 0 atom stereocenters. The van der Waals surface area contributed by atoms with Crippen LogP contribution in [0.2, 0.25) is 0 Å². The maximum Gasteiger partial charge on any atom is 0.159 e. The fourth-order valence-corrected chi connectivity index (χ4v) is 3.68. The molecule has 4 heteroatoms. The molecule has 4 nitrogen and oxygen atoms in total. The van der Waals surface area contributed by atoms with Gasteiger partial charge in [0.25, 0.3) is 0 Å². The van der Waals surface area contributed by atoms with Crippen LogP contribution in [0.5, 0.6) is 0 Å². The van der Waals surface area contributed by atoms with Crippen molar-refractivity contribution in [3.8, 4) is 28.3 Å². The Bertz CT molecular complexity index is 1080. The largest absolute Gasteiger partial charge is 0.237 e. The van der Waals surface area contributed by atoms with E-state index in [1.165, 1.54) is 11.3 Å². The highest BCUT2D eigenvalue weighted by Crippen LogP contribution is 2.36. The monoisotopic (exact) mass is 338 g/mol. The Morgan fingerprint density at radius 3 is 2.38 bits per heavy atom. The van der Waals surface area contributed by atoms with Gasteiger partial charge in [-0.05, 0) is 37.5 Å². The molecule has 1 aliphatic carbocycles.